The van der Waals surface area contributed by atoms with E-state index in [9.17, 15) is 18.0 Å². The van der Waals surface area contributed by atoms with E-state index in [1.807, 2.05) is 0 Å². The summed E-state index contributed by atoms with van der Waals surface area (Å²) in [5.74, 6) is -0.00625. The van der Waals surface area contributed by atoms with Gasteiger partial charge in [0.05, 0.1) is 22.2 Å². The molecule has 0 bridgehead atoms. The van der Waals surface area contributed by atoms with Crippen LogP contribution in [0.5, 0.6) is 5.75 Å². The van der Waals surface area contributed by atoms with Gasteiger partial charge in [-0.3, -0.25) is 4.79 Å². The number of benzene rings is 1. The number of pyridine rings is 1. The zero-order chi connectivity index (χ0) is 19.1. The first-order chi connectivity index (χ1) is 12.1. The van der Waals surface area contributed by atoms with Crippen molar-refractivity contribution >= 4 is 11.5 Å². The van der Waals surface area contributed by atoms with Crippen molar-refractivity contribution in [2.75, 3.05) is 0 Å². The first-order valence-electron chi connectivity index (χ1n) is 8.07. The lowest BCUT2D eigenvalue weighted by atomic mass is 9.97. The summed E-state index contributed by atoms with van der Waals surface area (Å²) in [7, 11) is 0. The molecule has 136 valence electrons. The van der Waals surface area contributed by atoms with Crippen molar-refractivity contribution in [3.8, 4) is 17.0 Å². The highest BCUT2D eigenvalue weighted by Gasteiger charge is 2.30. The molecule has 0 radical (unpaired) electrons. The maximum absolute atomic E-state index is 12.8. The number of hydrogen-bond donors (Lipinski definition) is 0. The standard InChI is InChI=1S/C20H18F3NO2/c1-19(2,3)18(25)26-17-12-16(24-11-5-4-6-15(17)24)13-7-9-14(10-8-13)20(21,22)23/h4-12H,1-3H3. The number of halogens is 3. The Hall–Kier alpha value is -2.76. The van der Waals surface area contributed by atoms with Crippen LogP contribution in [0.3, 0.4) is 0 Å². The van der Waals surface area contributed by atoms with Crippen LogP contribution < -0.4 is 4.74 Å². The number of fused-ring (bicyclic) bond motifs is 1. The van der Waals surface area contributed by atoms with Crippen LogP contribution in [0.4, 0.5) is 13.2 Å². The Kier molecular flexibility index (Phi) is 4.30. The minimum absolute atomic E-state index is 0.375. The lowest BCUT2D eigenvalue weighted by molar-refractivity contribution is -0.143. The molecular formula is C20H18F3NO2. The minimum atomic E-state index is -4.38. The lowest BCUT2D eigenvalue weighted by Gasteiger charge is -2.15. The van der Waals surface area contributed by atoms with Gasteiger partial charge in [-0.25, -0.2) is 0 Å². The first kappa shape index (κ1) is 18.0. The fourth-order valence-electron chi connectivity index (χ4n) is 2.51. The highest BCUT2D eigenvalue weighted by molar-refractivity contribution is 5.83. The van der Waals surface area contributed by atoms with E-state index in [-0.39, 0.29) is 5.97 Å². The highest BCUT2D eigenvalue weighted by atomic mass is 19.4. The summed E-state index contributed by atoms with van der Waals surface area (Å²) in [5.41, 5.74) is 0.530. The Morgan fingerprint density at radius 2 is 1.65 bits per heavy atom. The largest absolute Gasteiger partial charge is 0.424 e. The molecule has 2 aromatic heterocycles. The maximum atomic E-state index is 12.8. The summed E-state index contributed by atoms with van der Waals surface area (Å²) in [6.07, 6.45) is -2.61. The molecule has 0 N–H and O–H groups in total. The van der Waals surface area contributed by atoms with Crippen LogP contribution in [0.25, 0.3) is 16.8 Å². The summed E-state index contributed by atoms with van der Waals surface area (Å²) in [6.45, 7) is 5.26. The molecule has 0 amide bonds. The smallest absolute Gasteiger partial charge is 0.416 e. The molecule has 3 aromatic rings. The van der Waals surface area contributed by atoms with Crippen molar-refractivity contribution in [2.24, 2.45) is 5.41 Å². The van der Waals surface area contributed by atoms with Gasteiger partial charge in [-0.2, -0.15) is 13.2 Å². The molecule has 0 atom stereocenters. The van der Waals surface area contributed by atoms with Gasteiger partial charge in [0.25, 0.3) is 0 Å². The van der Waals surface area contributed by atoms with Crippen LogP contribution in [0.1, 0.15) is 26.3 Å². The van der Waals surface area contributed by atoms with Crippen molar-refractivity contribution in [2.45, 2.75) is 26.9 Å². The normalized spacial score (nSPS) is 12.4. The third-order valence-electron chi connectivity index (χ3n) is 3.96. The number of esters is 1. The average Bonchev–Trinajstić information content (AvgIpc) is 2.92. The van der Waals surface area contributed by atoms with Crippen LogP contribution in [-0.2, 0) is 11.0 Å². The quantitative estimate of drug-likeness (QED) is 0.558. The molecule has 3 nitrogen and oxygen atoms in total. The summed E-state index contributed by atoms with van der Waals surface area (Å²) >= 11 is 0. The first-order valence-corrected chi connectivity index (χ1v) is 8.07. The van der Waals surface area contributed by atoms with Crippen molar-refractivity contribution < 1.29 is 22.7 Å². The van der Waals surface area contributed by atoms with Crippen molar-refractivity contribution in [3.63, 3.8) is 0 Å². The number of nitrogens with zero attached hydrogens (tertiary/aromatic N) is 1. The van der Waals surface area contributed by atoms with Crippen LogP contribution in [-0.4, -0.2) is 10.4 Å². The molecule has 26 heavy (non-hydrogen) atoms. The highest BCUT2D eigenvalue weighted by Crippen LogP contribution is 2.35. The number of hydrogen-bond acceptors (Lipinski definition) is 2. The van der Waals surface area contributed by atoms with E-state index in [1.165, 1.54) is 12.1 Å². The monoisotopic (exact) mass is 361 g/mol. The zero-order valence-corrected chi connectivity index (χ0v) is 14.6. The van der Waals surface area contributed by atoms with Gasteiger partial charge in [-0.15, -0.1) is 0 Å². The van der Waals surface area contributed by atoms with Crippen molar-refractivity contribution in [1.29, 1.82) is 0 Å². The average molecular weight is 361 g/mol. The third kappa shape index (κ3) is 3.45. The van der Waals surface area contributed by atoms with E-state index in [0.29, 0.717) is 22.5 Å². The molecule has 1 aromatic carbocycles. The third-order valence-corrected chi connectivity index (χ3v) is 3.96. The molecule has 0 fully saturated rings. The van der Waals surface area contributed by atoms with E-state index in [4.69, 9.17) is 4.74 Å². The summed E-state index contributed by atoms with van der Waals surface area (Å²) < 4.78 is 45.6. The molecule has 2 heterocycles. The number of rotatable bonds is 2. The molecule has 0 aliphatic carbocycles. The predicted molar refractivity (Wildman–Crippen MR) is 92.9 cm³/mol. The lowest BCUT2D eigenvalue weighted by Crippen LogP contribution is -2.25. The molecule has 0 saturated carbocycles. The molecule has 0 saturated heterocycles. The Morgan fingerprint density at radius 3 is 2.23 bits per heavy atom. The summed E-state index contributed by atoms with van der Waals surface area (Å²) in [4.78, 5) is 12.2. The number of alkyl halides is 3. The Balaban J connectivity index is 2.06. The van der Waals surface area contributed by atoms with Crippen molar-refractivity contribution in [3.05, 3.63) is 60.3 Å². The zero-order valence-electron chi connectivity index (χ0n) is 14.6. The van der Waals surface area contributed by atoms with Gasteiger partial charge < -0.3 is 9.14 Å². The van der Waals surface area contributed by atoms with Crippen LogP contribution >= 0.6 is 0 Å². The van der Waals surface area contributed by atoms with Crippen molar-refractivity contribution in [1.82, 2.24) is 4.40 Å². The van der Waals surface area contributed by atoms with Gasteiger partial charge >= 0.3 is 12.1 Å². The minimum Gasteiger partial charge on any atom is -0.424 e. The number of ether oxygens (including phenoxy) is 1. The second kappa shape index (κ2) is 6.20. The number of carbonyl (C=O) groups excluding carboxylic acids is 1. The maximum Gasteiger partial charge on any atom is 0.416 e. The molecule has 0 aliphatic heterocycles. The number of carbonyl (C=O) groups is 1. The summed E-state index contributed by atoms with van der Waals surface area (Å²) in [6, 6.07) is 12.0. The van der Waals surface area contributed by atoms with Gasteiger partial charge in [0.2, 0.25) is 0 Å². The Labute approximate surface area is 149 Å². The fourth-order valence-corrected chi connectivity index (χ4v) is 2.51. The van der Waals surface area contributed by atoms with E-state index < -0.39 is 17.2 Å². The molecule has 0 aliphatic rings. The molecule has 6 heteroatoms. The fraction of sp³-hybridized carbons (Fsp3) is 0.250. The van der Waals surface area contributed by atoms with Crippen LogP contribution in [0.15, 0.2) is 54.7 Å². The van der Waals surface area contributed by atoms with E-state index >= 15 is 0 Å². The van der Waals surface area contributed by atoms with Crippen LogP contribution in [0, 0.1) is 5.41 Å². The molecular weight excluding hydrogens is 343 g/mol. The molecule has 0 unspecified atom stereocenters. The van der Waals surface area contributed by atoms with E-state index in [1.54, 1.807) is 55.6 Å². The van der Waals surface area contributed by atoms with E-state index in [2.05, 4.69) is 0 Å². The second-order valence-corrected chi connectivity index (χ2v) is 7.06. The Morgan fingerprint density at radius 1 is 1.00 bits per heavy atom. The second-order valence-electron chi connectivity index (χ2n) is 7.06. The predicted octanol–water partition coefficient (Wildman–Crippen LogP) is 5.58. The van der Waals surface area contributed by atoms with Gasteiger partial charge in [0.1, 0.15) is 0 Å². The SMILES string of the molecule is CC(C)(C)C(=O)Oc1cc(-c2ccc(C(F)(F)F)cc2)n2ccccc12. The molecule has 3 rings (SSSR count). The van der Waals surface area contributed by atoms with Gasteiger partial charge in [-0.1, -0.05) is 18.2 Å². The van der Waals surface area contributed by atoms with E-state index in [0.717, 1.165) is 12.1 Å². The van der Waals surface area contributed by atoms with Gasteiger partial charge in [-0.05, 0) is 50.6 Å². The Bertz CT molecular complexity index is 948. The molecule has 0 spiro atoms. The topological polar surface area (TPSA) is 30.7 Å². The van der Waals surface area contributed by atoms with Crippen LogP contribution in [0.2, 0.25) is 0 Å². The summed E-state index contributed by atoms with van der Waals surface area (Å²) in [5, 5.41) is 0. The number of aromatic nitrogens is 1. The van der Waals surface area contributed by atoms with Gasteiger partial charge in [0.15, 0.2) is 5.75 Å². The van der Waals surface area contributed by atoms with Gasteiger partial charge in [0, 0.05) is 12.3 Å².